The van der Waals surface area contributed by atoms with Crippen LogP contribution in [0.15, 0.2) is 42.5 Å². The molecule has 1 aromatic carbocycles. The molecule has 1 saturated heterocycles. The van der Waals surface area contributed by atoms with Crippen LogP contribution in [0.2, 0.25) is 0 Å². The summed E-state index contributed by atoms with van der Waals surface area (Å²) in [5.41, 5.74) is 1.90. The third kappa shape index (κ3) is 4.60. The lowest BCUT2D eigenvalue weighted by Gasteiger charge is -2.42. The largest absolute Gasteiger partial charge is 0.616 e. The van der Waals surface area contributed by atoms with Gasteiger partial charge >= 0.3 is 8.09 Å². The van der Waals surface area contributed by atoms with Gasteiger partial charge in [0.05, 0.1) is 13.1 Å². The van der Waals surface area contributed by atoms with Crippen molar-refractivity contribution in [2.24, 2.45) is 5.41 Å². The molecule has 2 rings (SSSR count). The first-order chi connectivity index (χ1) is 9.81. The molecule has 1 fully saturated rings. The molecular weight excluding hydrogens is 285 g/mol. The predicted octanol–water partition coefficient (Wildman–Crippen LogP) is 3.18. The van der Waals surface area contributed by atoms with Crippen LogP contribution in [0.3, 0.4) is 0 Å². The van der Waals surface area contributed by atoms with Crippen molar-refractivity contribution in [3.63, 3.8) is 0 Å². The fourth-order valence-electron chi connectivity index (χ4n) is 2.09. The number of hydrogen-bond donors (Lipinski definition) is 0. The maximum absolute atomic E-state index is 13.0. The zero-order valence-corrected chi connectivity index (χ0v) is 13.9. The van der Waals surface area contributed by atoms with Gasteiger partial charge in [-0.3, -0.25) is 0 Å². The second-order valence-electron chi connectivity index (χ2n) is 6.45. The highest BCUT2D eigenvalue weighted by Gasteiger charge is 2.46. The molecule has 1 aliphatic rings. The summed E-state index contributed by atoms with van der Waals surface area (Å²) in [6.07, 6.45) is 0. The molecule has 1 aromatic rings. The zero-order valence-electron chi connectivity index (χ0n) is 13.0. The van der Waals surface area contributed by atoms with Gasteiger partial charge in [-0.25, -0.2) is 0 Å². The van der Waals surface area contributed by atoms with Crippen LogP contribution >= 0.6 is 8.09 Å². The summed E-state index contributed by atoms with van der Waals surface area (Å²) in [4.78, 5) is 13.0. The Labute approximate surface area is 128 Å². The quantitative estimate of drug-likeness (QED) is 0.619. The van der Waals surface area contributed by atoms with Crippen LogP contribution in [-0.2, 0) is 15.6 Å². The van der Waals surface area contributed by atoms with Crippen molar-refractivity contribution in [2.45, 2.75) is 27.3 Å². The monoisotopic (exact) mass is 309 g/mol. The number of rotatable bonds is 5. The molecular formula is C16H24NO3P. The molecule has 5 heteroatoms. The molecule has 1 aliphatic heterocycles. The molecule has 0 N–H and O–H groups in total. The highest BCUT2D eigenvalue weighted by Crippen LogP contribution is 2.60. The smallest absolute Gasteiger partial charge is 0.315 e. The summed E-state index contributed by atoms with van der Waals surface area (Å²) in [7, 11) is -3.25. The van der Waals surface area contributed by atoms with E-state index in [0.29, 0.717) is 26.3 Å². The minimum absolute atomic E-state index is 0.102. The van der Waals surface area contributed by atoms with Gasteiger partial charge in [0, 0.05) is 5.41 Å². The summed E-state index contributed by atoms with van der Waals surface area (Å²) in [5.74, 6) is 0. The van der Waals surface area contributed by atoms with Crippen LogP contribution in [0.1, 0.15) is 26.3 Å². The fourth-order valence-corrected chi connectivity index (χ4v) is 4.27. The average Bonchev–Trinajstić information content (AvgIpc) is 2.42. The van der Waals surface area contributed by atoms with E-state index in [-0.39, 0.29) is 5.41 Å². The molecule has 0 bridgehead atoms. The Morgan fingerprint density at radius 2 is 1.86 bits per heavy atom. The highest BCUT2D eigenvalue weighted by atomic mass is 31.2. The van der Waals surface area contributed by atoms with Gasteiger partial charge in [-0.05, 0) is 12.5 Å². The van der Waals surface area contributed by atoms with Gasteiger partial charge in [0.25, 0.3) is 0 Å². The van der Waals surface area contributed by atoms with Crippen LogP contribution in [-0.4, -0.2) is 24.4 Å². The topological polar surface area (TPSA) is 44.8 Å². The Hall–Kier alpha value is -0.770. The van der Waals surface area contributed by atoms with E-state index in [2.05, 4.69) is 6.58 Å². The molecule has 116 valence electrons. The number of hydrogen-bond acceptors (Lipinski definition) is 4. The molecule has 0 saturated carbocycles. The lowest BCUT2D eigenvalue weighted by Crippen LogP contribution is -2.42. The first kappa shape index (κ1) is 16.6. The third-order valence-electron chi connectivity index (χ3n) is 3.24. The van der Waals surface area contributed by atoms with Crippen molar-refractivity contribution in [1.29, 1.82) is 0 Å². The van der Waals surface area contributed by atoms with E-state index in [1.807, 2.05) is 51.1 Å². The number of nitrogens with zero attached hydrogens (tertiary/aromatic N) is 1. The van der Waals surface area contributed by atoms with Gasteiger partial charge in [-0.15, -0.1) is 4.67 Å². The SMILES string of the molecule is C=C(C)CN(Cc1ccccc1)[P+]1([O-])OCC(C)(C)CO1. The van der Waals surface area contributed by atoms with E-state index in [1.165, 1.54) is 0 Å². The minimum atomic E-state index is -3.25. The van der Waals surface area contributed by atoms with Crippen molar-refractivity contribution in [3.8, 4) is 0 Å². The van der Waals surface area contributed by atoms with Gasteiger partial charge < -0.3 is 4.89 Å². The Morgan fingerprint density at radius 1 is 1.29 bits per heavy atom. The van der Waals surface area contributed by atoms with Crippen LogP contribution in [0.25, 0.3) is 0 Å². The molecule has 1 heterocycles. The van der Waals surface area contributed by atoms with Gasteiger partial charge in [0.1, 0.15) is 13.2 Å². The Balaban J connectivity index is 2.14. The average molecular weight is 309 g/mol. The van der Waals surface area contributed by atoms with E-state index in [4.69, 9.17) is 9.05 Å². The fraction of sp³-hybridized carbons (Fsp3) is 0.500. The van der Waals surface area contributed by atoms with E-state index in [9.17, 15) is 4.89 Å². The maximum Gasteiger partial charge on any atom is 0.315 e. The van der Waals surface area contributed by atoms with Gasteiger partial charge in [-0.1, -0.05) is 56.3 Å². The van der Waals surface area contributed by atoms with Gasteiger partial charge in [0.15, 0.2) is 0 Å². The summed E-state index contributed by atoms with van der Waals surface area (Å²) < 4.78 is 13.0. The maximum atomic E-state index is 13.0. The predicted molar refractivity (Wildman–Crippen MR) is 84.3 cm³/mol. The van der Waals surface area contributed by atoms with Gasteiger partial charge in [-0.2, -0.15) is 9.05 Å². The molecule has 0 radical (unpaired) electrons. The van der Waals surface area contributed by atoms with Crippen LogP contribution in [0, 0.1) is 5.41 Å². The molecule has 0 spiro atoms. The van der Waals surface area contributed by atoms with Crippen molar-refractivity contribution < 1.29 is 13.9 Å². The van der Waals surface area contributed by atoms with Gasteiger partial charge in [0.2, 0.25) is 0 Å². The van der Waals surface area contributed by atoms with Crippen LogP contribution in [0.4, 0.5) is 0 Å². The van der Waals surface area contributed by atoms with E-state index in [0.717, 1.165) is 11.1 Å². The highest BCUT2D eigenvalue weighted by molar-refractivity contribution is 7.56. The zero-order chi connectivity index (χ0) is 15.5. The Bertz CT molecular complexity index is 480. The van der Waals surface area contributed by atoms with Crippen molar-refractivity contribution in [3.05, 3.63) is 48.0 Å². The standard InChI is InChI=1S/C16H24NO3P/c1-14(2)10-17(11-15-8-6-5-7-9-15)21(18)19-12-16(3,4)13-20-21/h5-9H,1,10-13H2,2-4H3. The summed E-state index contributed by atoms with van der Waals surface area (Å²) in [6, 6.07) is 9.91. The first-order valence-corrected chi connectivity index (χ1v) is 8.63. The second-order valence-corrected chi connectivity index (χ2v) is 8.46. The Morgan fingerprint density at radius 3 is 2.38 bits per heavy atom. The summed E-state index contributed by atoms with van der Waals surface area (Å²) in [5, 5.41) is 0. The molecule has 4 nitrogen and oxygen atoms in total. The normalized spacial score (nSPS) is 20.4. The minimum Gasteiger partial charge on any atom is -0.616 e. The van der Waals surface area contributed by atoms with E-state index in [1.54, 1.807) is 4.67 Å². The summed E-state index contributed by atoms with van der Waals surface area (Å²) >= 11 is 0. The molecule has 0 aromatic heterocycles. The van der Waals surface area contributed by atoms with E-state index < -0.39 is 8.09 Å². The van der Waals surface area contributed by atoms with Crippen LogP contribution < -0.4 is 4.89 Å². The second kappa shape index (κ2) is 6.55. The van der Waals surface area contributed by atoms with Crippen LogP contribution in [0.5, 0.6) is 0 Å². The molecule has 0 aliphatic carbocycles. The molecule has 0 unspecified atom stereocenters. The number of benzene rings is 1. The molecule has 21 heavy (non-hydrogen) atoms. The molecule has 0 atom stereocenters. The lowest BCUT2D eigenvalue weighted by molar-refractivity contribution is -0.249. The van der Waals surface area contributed by atoms with Crippen molar-refractivity contribution >= 4 is 8.09 Å². The van der Waals surface area contributed by atoms with Crippen molar-refractivity contribution in [1.82, 2.24) is 4.67 Å². The lowest BCUT2D eigenvalue weighted by atomic mass is 9.97. The first-order valence-electron chi connectivity index (χ1n) is 7.14. The Kier molecular flexibility index (Phi) is 5.18. The third-order valence-corrected chi connectivity index (χ3v) is 5.13. The van der Waals surface area contributed by atoms with E-state index >= 15 is 0 Å². The molecule has 0 amide bonds. The van der Waals surface area contributed by atoms with Crippen molar-refractivity contribution in [2.75, 3.05) is 19.8 Å². The summed E-state index contributed by atoms with van der Waals surface area (Å²) in [6.45, 7) is 11.8.